The summed E-state index contributed by atoms with van der Waals surface area (Å²) in [6.07, 6.45) is -2.91. The van der Waals surface area contributed by atoms with Crippen LogP contribution in [-0.4, -0.2) is 23.3 Å². The Morgan fingerprint density at radius 2 is 1.58 bits per heavy atom. The fourth-order valence-corrected chi connectivity index (χ4v) is 2.92. The maximum atomic E-state index is 13.3. The van der Waals surface area contributed by atoms with Gasteiger partial charge in [0, 0.05) is 17.2 Å². The Bertz CT molecular complexity index is 818. The number of hydrogen-bond acceptors (Lipinski definition) is 3. The van der Waals surface area contributed by atoms with Crippen molar-refractivity contribution in [2.75, 3.05) is 0 Å². The number of aromatic nitrogens is 1. The van der Waals surface area contributed by atoms with E-state index in [4.69, 9.17) is 9.31 Å². The SMILES string of the molecule is Cc1cc(B2OC(C)(C)C(C)(C)O2)cnc1-c1ccccc1C(F)(F)F. The van der Waals surface area contributed by atoms with Crippen LogP contribution in [0.2, 0.25) is 0 Å². The van der Waals surface area contributed by atoms with E-state index in [9.17, 15) is 13.2 Å². The molecule has 0 atom stereocenters. The molecule has 0 radical (unpaired) electrons. The molecule has 1 aliphatic rings. The average molecular weight is 363 g/mol. The zero-order valence-corrected chi connectivity index (χ0v) is 15.4. The summed E-state index contributed by atoms with van der Waals surface area (Å²) in [5.74, 6) is 0. The molecule has 2 aromatic rings. The Morgan fingerprint density at radius 1 is 1.00 bits per heavy atom. The fourth-order valence-electron chi connectivity index (χ4n) is 2.92. The molecule has 1 aliphatic heterocycles. The first-order valence-corrected chi connectivity index (χ1v) is 8.41. The minimum Gasteiger partial charge on any atom is -0.399 e. The minimum atomic E-state index is -4.44. The summed E-state index contributed by atoms with van der Waals surface area (Å²) >= 11 is 0. The van der Waals surface area contributed by atoms with Crippen LogP contribution < -0.4 is 5.46 Å². The zero-order chi connectivity index (χ0) is 19.3. The molecule has 0 N–H and O–H groups in total. The first-order chi connectivity index (χ1) is 11.9. The Morgan fingerprint density at radius 3 is 2.12 bits per heavy atom. The van der Waals surface area contributed by atoms with E-state index in [1.54, 1.807) is 19.1 Å². The average Bonchev–Trinajstić information content (AvgIpc) is 2.74. The van der Waals surface area contributed by atoms with E-state index in [0.29, 0.717) is 16.7 Å². The van der Waals surface area contributed by atoms with Crippen molar-refractivity contribution in [2.45, 2.75) is 52.0 Å². The molecule has 0 spiro atoms. The highest BCUT2D eigenvalue weighted by molar-refractivity contribution is 6.62. The van der Waals surface area contributed by atoms with Gasteiger partial charge >= 0.3 is 13.3 Å². The third-order valence-corrected chi connectivity index (χ3v) is 5.11. The van der Waals surface area contributed by atoms with Crippen molar-refractivity contribution < 1.29 is 22.5 Å². The molecule has 7 heteroatoms. The van der Waals surface area contributed by atoms with Crippen LogP contribution in [0.5, 0.6) is 0 Å². The predicted molar refractivity (Wildman–Crippen MR) is 95.1 cm³/mol. The summed E-state index contributed by atoms with van der Waals surface area (Å²) in [5, 5.41) is 0. The van der Waals surface area contributed by atoms with E-state index >= 15 is 0 Å². The van der Waals surface area contributed by atoms with Gasteiger partial charge in [0.25, 0.3) is 0 Å². The van der Waals surface area contributed by atoms with Crippen LogP contribution in [0.25, 0.3) is 11.3 Å². The third kappa shape index (κ3) is 3.26. The van der Waals surface area contributed by atoms with Gasteiger partial charge in [-0.05, 0) is 46.2 Å². The van der Waals surface area contributed by atoms with Crippen LogP contribution >= 0.6 is 0 Å². The second kappa shape index (κ2) is 6.10. The van der Waals surface area contributed by atoms with Crippen LogP contribution in [-0.2, 0) is 15.5 Å². The van der Waals surface area contributed by atoms with Crippen molar-refractivity contribution in [3.8, 4) is 11.3 Å². The van der Waals surface area contributed by atoms with Gasteiger partial charge < -0.3 is 9.31 Å². The number of rotatable bonds is 2. The van der Waals surface area contributed by atoms with Crippen molar-refractivity contribution in [1.82, 2.24) is 4.98 Å². The first-order valence-electron chi connectivity index (χ1n) is 8.41. The van der Waals surface area contributed by atoms with Gasteiger partial charge in [-0.3, -0.25) is 4.98 Å². The molecule has 1 aromatic heterocycles. The van der Waals surface area contributed by atoms with Crippen LogP contribution in [0, 0.1) is 6.92 Å². The van der Waals surface area contributed by atoms with Gasteiger partial charge in [-0.1, -0.05) is 24.3 Å². The van der Waals surface area contributed by atoms with Crippen LogP contribution in [0.4, 0.5) is 13.2 Å². The summed E-state index contributed by atoms with van der Waals surface area (Å²) in [4.78, 5) is 4.30. The van der Waals surface area contributed by atoms with Gasteiger partial charge in [-0.25, -0.2) is 0 Å². The molecular weight excluding hydrogens is 342 g/mol. The molecule has 0 bridgehead atoms. The molecule has 1 aromatic carbocycles. The number of alkyl halides is 3. The zero-order valence-electron chi connectivity index (χ0n) is 15.4. The second-order valence-corrected chi connectivity index (χ2v) is 7.57. The predicted octanol–water partition coefficient (Wildman–Crippen LogP) is 4.38. The monoisotopic (exact) mass is 363 g/mol. The van der Waals surface area contributed by atoms with Gasteiger partial charge in [0.2, 0.25) is 0 Å². The van der Waals surface area contributed by atoms with Crippen LogP contribution in [0.15, 0.2) is 36.5 Å². The number of aryl methyl sites for hydroxylation is 1. The van der Waals surface area contributed by atoms with E-state index in [1.807, 2.05) is 27.7 Å². The van der Waals surface area contributed by atoms with Crippen molar-refractivity contribution in [3.05, 3.63) is 47.7 Å². The molecule has 1 fully saturated rings. The van der Waals surface area contributed by atoms with Crippen molar-refractivity contribution in [1.29, 1.82) is 0 Å². The molecule has 0 amide bonds. The molecule has 138 valence electrons. The van der Waals surface area contributed by atoms with Crippen LogP contribution in [0.3, 0.4) is 0 Å². The molecular formula is C19H21BF3NO2. The molecule has 26 heavy (non-hydrogen) atoms. The quantitative estimate of drug-likeness (QED) is 0.743. The van der Waals surface area contributed by atoms with E-state index in [0.717, 1.165) is 6.07 Å². The number of hydrogen-bond donors (Lipinski definition) is 0. The highest BCUT2D eigenvalue weighted by Crippen LogP contribution is 2.38. The fraction of sp³-hybridized carbons (Fsp3) is 0.421. The Labute approximate surface area is 151 Å². The summed E-state index contributed by atoms with van der Waals surface area (Å²) in [7, 11) is -0.599. The molecule has 1 saturated heterocycles. The normalized spacial score (nSPS) is 19.0. The lowest BCUT2D eigenvalue weighted by Gasteiger charge is -2.32. The standard InChI is InChI=1S/C19H21BF3NO2/c1-12-10-13(20-25-17(2,3)18(4,5)26-20)11-24-16(12)14-8-6-7-9-15(14)19(21,22)23/h6-11H,1-5H3. The van der Waals surface area contributed by atoms with E-state index in [2.05, 4.69) is 4.98 Å². The summed E-state index contributed by atoms with van der Waals surface area (Å²) < 4.78 is 51.9. The molecule has 2 heterocycles. The molecule has 0 saturated carbocycles. The Kier molecular flexibility index (Phi) is 4.44. The van der Waals surface area contributed by atoms with E-state index < -0.39 is 30.1 Å². The van der Waals surface area contributed by atoms with Gasteiger partial charge in [-0.15, -0.1) is 0 Å². The highest BCUT2D eigenvalue weighted by atomic mass is 19.4. The van der Waals surface area contributed by atoms with Gasteiger partial charge in [0.1, 0.15) is 0 Å². The van der Waals surface area contributed by atoms with E-state index in [1.165, 1.54) is 18.3 Å². The lowest BCUT2D eigenvalue weighted by atomic mass is 9.79. The lowest BCUT2D eigenvalue weighted by molar-refractivity contribution is -0.137. The lowest BCUT2D eigenvalue weighted by Crippen LogP contribution is -2.41. The number of halogens is 3. The topological polar surface area (TPSA) is 31.4 Å². The summed E-state index contributed by atoms with van der Waals surface area (Å²) in [6, 6.07) is 7.23. The minimum absolute atomic E-state index is 0.0676. The van der Waals surface area contributed by atoms with Crippen molar-refractivity contribution >= 4 is 12.6 Å². The van der Waals surface area contributed by atoms with Crippen molar-refractivity contribution in [2.24, 2.45) is 0 Å². The number of benzene rings is 1. The Hall–Kier alpha value is -1.86. The van der Waals surface area contributed by atoms with E-state index in [-0.39, 0.29) is 5.56 Å². The third-order valence-electron chi connectivity index (χ3n) is 5.11. The van der Waals surface area contributed by atoms with Crippen LogP contribution in [0.1, 0.15) is 38.8 Å². The summed E-state index contributed by atoms with van der Waals surface area (Å²) in [6.45, 7) is 9.52. The number of pyridine rings is 1. The maximum absolute atomic E-state index is 13.3. The van der Waals surface area contributed by atoms with Gasteiger partial charge in [-0.2, -0.15) is 13.2 Å². The largest absolute Gasteiger partial charge is 0.496 e. The maximum Gasteiger partial charge on any atom is 0.496 e. The smallest absolute Gasteiger partial charge is 0.399 e. The Balaban J connectivity index is 1.98. The molecule has 0 unspecified atom stereocenters. The highest BCUT2D eigenvalue weighted by Gasteiger charge is 2.51. The number of nitrogens with zero attached hydrogens (tertiary/aromatic N) is 1. The van der Waals surface area contributed by atoms with Gasteiger partial charge in [0.05, 0.1) is 22.5 Å². The summed E-state index contributed by atoms with van der Waals surface area (Å²) in [5.41, 5.74) is 0.0127. The first kappa shape index (κ1) is 18.9. The second-order valence-electron chi connectivity index (χ2n) is 7.57. The molecule has 0 aliphatic carbocycles. The van der Waals surface area contributed by atoms with Gasteiger partial charge in [0.15, 0.2) is 0 Å². The molecule has 3 nitrogen and oxygen atoms in total. The molecule has 3 rings (SSSR count). The van der Waals surface area contributed by atoms with Crippen molar-refractivity contribution in [3.63, 3.8) is 0 Å².